The Hall–Kier alpha value is -2.97. The van der Waals surface area contributed by atoms with Gasteiger partial charge in [-0.2, -0.15) is 13.2 Å². The Morgan fingerprint density at radius 3 is 2.44 bits per heavy atom. The van der Waals surface area contributed by atoms with Crippen LogP contribution in [0.15, 0.2) is 28.7 Å². The van der Waals surface area contributed by atoms with Gasteiger partial charge in [0.05, 0.1) is 12.1 Å². The predicted molar refractivity (Wildman–Crippen MR) is 91.0 cm³/mol. The molecule has 0 atom stereocenters. The molecule has 0 radical (unpaired) electrons. The number of aliphatic carboxylic acids is 1. The second kappa shape index (κ2) is 7.34. The molecular weight excluding hydrogens is 367 g/mol. The fourth-order valence-electron chi connectivity index (χ4n) is 2.26. The first-order chi connectivity index (χ1) is 12.3. The Morgan fingerprint density at radius 1 is 1.22 bits per heavy atom. The van der Waals surface area contributed by atoms with Crippen LogP contribution in [-0.2, 0) is 22.3 Å². The van der Waals surface area contributed by atoms with Crippen LogP contribution in [0.1, 0.15) is 37.7 Å². The lowest BCUT2D eigenvalue weighted by Gasteiger charge is -2.19. The van der Waals surface area contributed by atoms with Crippen molar-refractivity contribution in [1.29, 1.82) is 0 Å². The average Bonchev–Trinajstić information content (AvgIpc) is 2.90. The van der Waals surface area contributed by atoms with Crippen molar-refractivity contribution in [3.63, 3.8) is 0 Å². The number of carboxylic acids is 1. The maximum atomic E-state index is 13.3. The zero-order valence-electron chi connectivity index (χ0n) is 14.8. The van der Waals surface area contributed by atoms with E-state index < -0.39 is 35.0 Å². The smallest absolute Gasteiger partial charge is 0.420 e. The fraction of sp³-hybridized carbons (Fsp3) is 0.333. The van der Waals surface area contributed by atoms with Gasteiger partial charge in [-0.15, -0.1) is 0 Å². The maximum Gasteiger partial charge on any atom is 0.420 e. The molecule has 2 rings (SSSR count). The molecule has 27 heavy (non-hydrogen) atoms. The Kier molecular flexibility index (Phi) is 5.53. The van der Waals surface area contributed by atoms with E-state index in [0.29, 0.717) is 0 Å². The van der Waals surface area contributed by atoms with Gasteiger partial charge in [-0.25, -0.2) is 9.59 Å². The third-order valence-electron chi connectivity index (χ3n) is 3.22. The van der Waals surface area contributed by atoms with Gasteiger partial charge in [-0.05, 0) is 50.6 Å². The number of carbonyl (C=O) groups excluding carboxylic acids is 1. The molecule has 9 heteroatoms. The number of benzene rings is 1. The zero-order chi connectivity index (χ0) is 20.4. The third-order valence-corrected chi connectivity index (χ3v) is 3.22. The summed E-state index contributed by atoms with van der Waals surface area (Å²) in [5, 5.41) is 11.2. The minimum Gasteiger partial charge on any atom is -0.478 e. The summed E-state index contributed by atoms with van der Waals surface area (Å²) in [6.07, 6.45) is -3.63. The van der Waals surface area contributed by atoms with Gasteiger partial charge in [-0.1, -0.05) is 0 Å². The molecule has 1 aromatic heterocycles. The molecule has 0 aliphatic rings. The highest BCUT2D eigenvalue weighted by Gasteiger charge is 2.35. The van der Waals surface area contributed by atoms with Crippen molar-refractivity contribution in [2.75, 3.05) is 0 Å². The maximum absolute atomic E-state index is 13.3. The number of hydrogen-bond donors (Lipinski definition) is 2. The summed E-state index contributed by atoms with van der Waals surface area (Å²) in [6, 6.07) is 3.51. The van der Waals surface area contributed by atoms with Crippen LogP contribution in [0.5, 0.6) is 0 Å². The highest BCUT2D eigenvalue weighted by Crippen LogP contribution is 2.37. The lowest BCUT2D eigenvalue weighted by molar-refractivity contribution is -0.137. The number of nitrogens with one attached hydrogen (secondary N) is 1. The molecule has 0 aliphatic heterocycles. The number of rotatable bonds is 4. The number of amides is 1. The lowest BCUT2D eigenvalue weighted by Crippen LogP contribution is -2.32. The summed E-state index contributed by atoms with van der Waals surface area (Å²) in [5.74, 6) is -1.18. The Morgan fingerprint density at radius 2 is 1.89 bits per heavy atom. The number of furan rings is 1. The van der Waals surface area contributed by atoms with Gasteiger partial charge in [0, 0.05) is 11.5 Å². The molecule has 0 saturated heterocycles. The molecule has 146 valence electrons. The molecule has 2 aromatic rings. The van der Waals surface area contributed by atoms with E-state index in [4.69, 9.17) is 14.3 Å². The van der Waals surface area contributed by atoms with E-state index >= 15 is 0 Å². The second-order valence-electron chi connectivity index (χ2n) is 6.72. The molecule has 1 amide bonds. The Bertz CT molecular complexity index is 891. The van der Waals surface area contributed by atoms with Crippen molar-refractivity contribution in [2.24, 2.45) is 0 Å². The first kappa shape index (κ1) is 20.3. The summed E-state index contributed by atoms with van der Waals surface area (Å²) in [4.78, 5) is 22.2. The van der Waals surface area contributed by atoms with Gasteiger partial charge in [-0.3, -0.25) is 0 Å². The summed E-state index contributed by atoms with van der Waals surface area (Å²) in [7, 11) is 0. The van der Waals surface area contributed by atoms with Crippen molar-refractivity contribution in [3.8, 4) is 0 Å². The molecule has 0 saturated carbocycles. The molecule has 2 N–H and O–H groups in total. The van der Waals surface area contributed by atoms with Crippen LogP contribution >= 0.6 is 0 Å². The van der Waals surface area contributed by atoms with Crippen LogP contribution < -0.4 is 5.32 Å². The number of alkyl carbamates (subject to hydrolysis) is 1. The van der Waals surface area contributed by atoms with Crippen LogP contribution in [0, 0.1) is 0 Å². The van der Waals surface area contributed by atoms with E-state index in [1.807, 2.05) is 0 Å². The molecule has 0 unspecified atom stereocenters. The van der Waals surface area contributed by atoms with Gasteiger partial charge in [0.2, 0.25) is 0 Å². The normalized spacial score (nSPS) is 12.5. The van der Waals surface area contributed by atoms with Crippen LogP contribution in [0.3, 0.4) is 0 Å². The van der Waals surface area contributed by atoms with Crippen LogP contribution in [0.2, 0.25) is 0 Å². The van der Waals surface area contributed by atoms with E-state index in [1.165, 1.54) is 12.1 Å². The first-order valence-electron chi connectivity index (χ1n) is 7.87. The summed E-state index contributed by atoms with van der Waals surface area (Å²) in [5.41, 5.74) is -2.08. The lowest BCUT2D eigenvalue weighted by atomic mass is 10.1. The number of ether oxygens (including phenoxy) is 1. The summed E-state index contributed by atoms with van der Waals surface area (Å²) >= 11 is 0. The van der Waals surface area contributed by atoms with Crippen molar-refractivity contribution in [1.82, 2.24) is 5.32 Å². The fourth-order valence-corrected chi connectivity index (χ4v) is 2.26. The molecule has 0 aliphatic carbocycles. The largest absolute Gasteiger partial charge is 0.478 e. The van der Waals surface area contributed by atoms with E-state index in [-0.39, 0.29) is 23.3 Å². The van der Waals surface area contributed by atoms with Crippen molar-refractivity contribution >= 4 is 29.1 Å². The van der Waals surface area contributed by atoms with Crippen LogP contribution in [0.4, 0.5) is 18.0 Å². The average molecular weight is 385 g/mol. The quantitative estimate of drug-likeness (QED) is 0.753. The van der Waals surface area contributed by atoms with E-state index in [9.17, 15) is 22.8 Å². The summed E-state index contributed by atoms with van der Waals surface area (Å²) in [6.45, 7) is 4.86. The second-order valence-corrected chi connectivity index (χ2v) is 6.72. The summed E-state index contributed by atoms with van der Waals surface area (Å²) < 4.78 is 50.3. The monoisotopic (exact) mass is 385 g/mol. The highest BCUT2D eigenvalue weighted by atomic mass is 19.4. The number of fused-ring (bicyclic) bond motifs is 1. The highest BCUT2D eigenvalue weighted by molar-refractivity contribution is 5.88. The Balaban J connectivity index is 2.33. The van der Waals surface area contributed by atoms with Crippen molar-refractivity contribution in [2.45, 2.75) is 39.1 Å². The topological polar surface area (TPSA) is 88.8 Å². The first-order valence-corrected chi connectivity index (χ1v) is 7.87. The van der Waals surface area contributed by atoms with E-state index in [0.717, 1.165) is 18.2 Å². The number of carbonyl (C=O) groups is 2. The Labute approximate surface area is 152 Å². The van der Waals surface area contributed by atoms with Gasteiger partial charge in [0.1, 0.15) is 16.9 Å². The van der Waals surface area contributed by atoms with Crippen molar-refractivity contribution in [3.05, 3.63) is 41.2 Å². The molecule has 0 bridgehead atoms. The van der Waals surface area contributed by atoms with Crippen LogP contribution in [-0.4, -0.2) is 22.8 Å². The van der Waals surface area contributed by atoms with Gasteiger partial charge in [0.25, 0.3) is 0 Å². The molecule has 1 aromatic carbocycles. The third kappa shape index (κ3) is 5.77. The minimum absolute atomic E-state index is 0.0599. The van der Waals surface area contributed by atoms with Gasteiger partial charge in [0.15, 0.2) is 0 Å². The predicted octanol–water partition coefficient (Wildman–Crippen LogP) is 4.57. The van der Waals surface area contributed by atoms with Crippen molar-refractivity contribution < 1.29 is 37.0 Å². The SMILES string of the molecule is CC(C)(C)OC(=O)NCc1cc2cc(/C=C/C(=O)O)cc(C(F)(F)F)c2o1. The number of hydrogen-bond acceptors (Lipinski definition) is 4. The molecular formula is C18H18F3NO5. The van der Waals surface area contributed by atoms with E-state index in [1.54, 1.807) is 20.8 Å². The standard InChI is InChI=1S/C18H18F3NO5/c1-17(2,3)27-16(25)22-9-12-8-11-6-10(4-5-14(23)24)7-13(15(11)26-12)18(19,20)21/h4-8H,9H2,1-3H3,(H,22,25)(H,23,24)/b5-4+. The van der Waals surface area contributed by atoms with Crippen LogP contribution in [0.25, 0.3) is 17.0 Å². The number of carboxylic acid groups (broad SMARTS) is 1. The minimum atomic E-state index is -4.70. The molecule has 0 fully saturated rings. The number of halogens is 3. The number of alkyl halides is 3. The van der Waals surface area contributed by atoms with Gasteiger partial charge < -0.3 is 19.6 Å². The van der Waals surface area contributed by atoms with Gasteiger partial charge >= 0.3 is 18.2 Å². The van der Waals surface area contributed by atoms with E-state index in [2.05, 4.69) is 5.32 Å². The molecule has 6 nitrogen and oxygen atoms in total. The molecule has 0 spiro atoms. The zero-order valence-corrected chi connectivity index (χ0v) is 14.8. The molecule has 1 heterocycles.